The maximum absolute atomic E-state index is 12.5. The van der Waals surface area contributed by atoms with Gasteiger partial charge in [0.05, 0.1) is 11.4 Å². The molecule has 1 aliphatic rings. The summed E-state index contributed by atoms with van der Waals surface area (Å²) in [5.74, 6) is 0.418. The summed E-state index contributed by atoms with van der Waals surface area (Å²) in [4.78, 5) is 11.9. The van der Waals surface area contributed by atoms with Crippen LogP contribution in [0, 0.1) is 5.92 Å². The van der Waals surface area contributed by atoms with Crippen molar-refractivity contribution in [2.24, 2.45) is 5.92 Å². The van der Waals surface area contributed by atoms with Crippen LogP contribution >= 0.6 is 0 Å². The van der Waals surface area contributed by atoms with Crippen LogP contribution < -0.4 is 9.62 Å². The fourth-order valence-electron chi connectivity index (χ4n) is 2.74. The minimum Gasteiger partial charge on any atom is -0.326 e. The van der Waals surface area contributed by atoms with Gasteiger partial charge in [-0.3, -0.25) is 9.10 Å². The number of hydrogen-bond donors (Lipinski definition) is 1. The standard InChI is InChI=1S/C17H26N2O3S/c1-4-5-10-23(21,22)19-9-8-14-6-7-15(12-16(14)19)18-17(20)11-13(2)3/h6-7,12-13H,4-5,8-11H2,1-3H3,(H,18,20). The van der Waals surface area contributed by atoms with Crippen molar-refractivity contribution in [1.29, 1.82) is 0 Å². The lowest BCUT2D eigenvalue weighted by Gasteiger charge is -2.20. The predicted molar refractivity (Wildman–Crippen MR) is 94.3 cm³/mol. The molecule has 0 saturated carbocycles. The van der Waals surface area contributed by atoms with E-state index in [9.17, 15) is 13.2 Å². The molecule has 1 N–H and O–H groups in total. The number of amides is 1. The lowest BCUT2D eigenvalue weighted by molar-refractivity contribution is -0.116. The van der Waals surface area contributed by atoms with E-state index in [1.165, 1.54) is 4.31 Å². The zero-order valence-corrected chi connectivity index (χ0v) is 14.9. The van der Waals surface area contributed by atoms with E-state index in [1.54, 1.807) is 6.07 Å². The molecule has 1 aromatic carbocycles. The molecule has 0 unspecified atom stereocenters. The predicted octanol–water partition coefficient (Wildman–Crippen LogP) is 3.16. The zero-order chi connectivity index (χ0) is 17.0. The van der Waals surface area contributed by atoms with Crippen molar-refractivity contribution in [3.63, 3.8) is 0 Å². The van der Waals surface area contributed by atoms with Gasteiger partial charge in [0.25, 0.3) is 0 Å². The van der Waals surface area contributed by atoms with Gasteiger partial charge in [-0.05, 0) is 36.5 Å². The Morgan fingerprint density at radius 3 is 2.74 bits per heavy atom. The van der Waals surface area contributed by atoms with Crippen molar-refractivity contribution in [2.45, 2.75) is 46.5 Å². The van der Waals surface area contributed by atoms with Crippen LogP contribution in [-0.2, 0) is 21.2 Å². The van der Waals surface area contributed by atoms with Gasteiger partial charge in [0.2, 0.25) is 15.9 Å². The van der Waals surface area contributed by atoms with E-state index in [0.29, 0.717) is 30.8 Å². The van der Waals surface area contributed by atoms with Gasteiger partial charge >= 0.3 is 0 Å². The first kappa shape index (κ1) is 17.8. The molecule has 128 valence electrons. The third-order valence-corrected chi connectivity index (χ3v) is 5.76. The van der Waals surface area contributed by atoms with E-state index >= 15 is 0 Å². The first-order valence-electron chi connectivity index (χ1n) is 8.26. The Hall–Kier alpha value is -1.56. The molecule has 1 heterocycles. The lowest BCUT2D eigenvalue weighted by Crippen LogP contribution is -2.31. The lowest BCUT2D eigenvalue weighted by atomic mass is 10.1. The second-order valence-electron chi connectivity index (χ2n) is 6.48. The molecular formula is C17H26N2O3S. The summed E-state index contributed by atoms with van der Waals surface area (Å²) in [7, 11) is -3.28. The third-order valence-electron chi connectivity index (χ3n) is 3.91. The summed E-state index contributed by atoms with van der Waals surface area (Å²) >= 11 is 0. The van der Waals surface area contributed by atoms with Crippen LogP contribution in [0.3, 0.4) is 0 Å². The highest BCUT2D eigenvalue weighted by atomic mass is 32.2. The summed E-state index contributed by atoms with van der Waals surface area (Å²) in [5.41, 5.74) is 2.39. The van der Waals surface area contributed by atoms with E-state index in [1.807, 2.05) is 32.9 Å². The van der Waals surface area contributed by atoms with Crippen LogP contribution in [0.25, 0.3) is 0 Å². The molecule has 0 aromatic heterocycles. The number of anilines is 2. The normalized spacial score (nSPS) is 14.2. The molecule has 1 aliphatic heterocycles. The van der Waals surface area contributed by atoms with Gasteiger partial charge in [-0.25, -0.2) is 8.42 Å². The Labute approximate surface area is 139 Å². The molecule has 2 rings (SSSR count). The number of hydrogen-bond acceptors (Lipinski definition) is 3. The van der Waals surface area contributed by atoms with Gasteiger partial charge in [0.1, 0.15) is 0 Å². The van der Waals surface area contributed by atoms with E-state index in [2.05, 4.69) is 5.32 Å². The second-order valence-corrected chi connectivity index (χ2v) is 8.49. The van der Waals surface area contributed by atoms with Crippen LogP contribution in [-0.4, -0.2) is 26.6 Å². The molecule has 0 radical (unpaired) electrons. The molecule has 0 atom stereocenters. The molecule has 0 saturated heterocycles. The fourth-order valence-corrected chi connectivity index (χ4v) is 4.45. The van der Waals surface area contributed by atoms with Crippen molar-refractivity contribution in [3.8, 4) is 0 Å². The summed E-state index contributed by atoms with van der Waals surface area (Å²) in [6.45, 7) is 6.45. The van der Waals surface area contributed by atoms with Crippen LogP contribution in [0.4, 0.5) is 11.4 Å². The number of benzene rings is 1. The van der Waals surface area contributed by atoms with E-state index < -0.39 is 10.0 Å². The number of nitrogens with one attached hydrogen (secondary N) is 1. The van der Waals surface area contributed by atoms with E-state index in [-0.39, 0.29) is 17.6 Å². The average Bonchev–Trinajstić information content (AvgIpc) is 2.88. The molecule has 5 nitrogen and oxygen atoms in total. The highest BCUT2D eigenvalue weighted by Gasteiger charge is 2.29. The number of fused-ring (bicyclic) bond motifs is 1. The first-order chi connectivity index (χ1) is 10.8. The average molecular weight is 338 g/mol. The fraction of sp³-hybridized carbons (Fsp3) is 0.588. The van der Waals surface area contributed by atoms with Gasteiger partial charge in [0, 0.05) is 18.7 Å². The molecule has 0 fully saturated rings. The van der Waals surface area contributed by atoms with Gasteiger partial charge in [0.15, 0.2) is 0 Å². The van der Waals surface area contributed by atoms with Crippen molar-refractivity contribution in [3.05, 3.63) is 23.8 Å². The van der Waals surface area contributed by atoms with E-state index in [0.717, 1.165) is 18.4 Å². The Bertz CT molecular complexity index is 668. The summed E-state index contributed by atoms with van der Waals surface area (Å²) in [6.07, 6.45) is 2.70. The van der Waals surface area contributed by atoms with Crippen LogP contribution in [0.2, 0.25) is 0 Å². The van der Waals surface area contributed by atoms with Crippen molar-refractivity contribution in [1.82, 2.24) is 0 Å². The summed E-state index contributed by atoms with van der Waals surface area (Å²) < 4.78 is 26.4. The molecule has 1 amide bonds. The van der Waals surface area contributed by atoms with Crippen LogP contribution in [0.1, 0.15) is 45.6 Å². The molecule has 0 spiro atoms. The number of sulfonamides is 1. The van der Waals surface area contributed by atoms with Gasteiger partial charge in [-0.2, -0.15) is 0 Å². The van der Waals surface area contributed by atoms with Gasteiger partial charge < -0.3 is 5.32 Å². The van der Waals surface area contributed by atoms with Crippen LogP contribution in [0.15, 0.2) is 18.2 Å². The molecule has 6 heteroatoms. The maximum atomic E-state index is 12.5. The summed E-state index contributed by atoms with van der Waals surface area (Å²) in [6, 6.07) is 5.54. The minimum absolute atomic E-state index is 0.0432. The smallest absolute Gasteiger partial charge is 0.235 e. The first-order valence-corrected chi connectivity index (χ1v) is 9.87. The van der Waals surface area contributed by atoms with Crippen molar-refractivity contribution < 1.29 is 13.2 Å². The van der Waals surface area contributed by atoms with Crippen molar-refractivity contribution in [2.75, 3.05) is 21.9 Å². The summed E-state index contributed by atoms with van der Waals surface area (Å²) in [5, 5.41) is 2.86. The number of nitrogens with zero attached hydrogens (tertiary/aromatic N) is 1. The number of rotatable bonds is 7. The number of carbonyl (C=O) groups excluding carboxylic acids is 1. The molecule has 23 heavy (non-hydrogen) atoms. The number of carbonyl (C=O) groups is 1. The topological polar surface area (TPSA) is 66.5 Å². The Morgan fingerprint density at radius 1 is 1.35 bits per heavy atom. The van der Waals surface area contributed by atoms with E-state index in [4.69, 9.17) is 0 Å². The Morgan fingerprint density at radius 2 is 2.09 bits per heavy atom. The minimum atomic E-state index is -3.28. The Balaban J connectivity index is 2.18. The highest BCUT2D eigenvalue weighted by molar-refractivity contribution is 7.92. The van der Waals surface area contributed by atoms with Crippen molar-refractivity contribution >= 4 is 27.3 Å². The maximum Gasteiger partial charge on any atom is 0.235 e. The molecule has 0 bridgehead atoms. The molecule has 0 aliphatic carbocycles. The quantitative estimate of drug-likeness (QED) is 0.830. The zero-order valence-electron chi connectivity index (χ0n) is 14.1. The highest BCUT2D eigenvalue weighted by Crippen LogP contribution is 2.33. The second kappa shape index (κ2) is 7.34. The Kier molecular flexibility index (Phi) is 5.68. The molecule has 1 aromatic rings. The monoisotopic (exact) mass is 338 g/mol. The van der Waals surface area contributed by atoms with Crippen LogP contribution in [0.5, 0.6) is 0 Å². The third kappa shape index (κ3) is 4.47. The number of unbranched alkanes of at least 4 members (excludes halogenated alkanes) is 1. The largest absolute Gasteiger partial charge is 0.326 e. The SMILES string of the molecule is CCCCS(=O)(=O)N1CCc2ccc(NC(=O)CC(C)C)cc21. The molecular weight excluding hydrogens is 312 g/mol. The van der Waals surface area contributed by atoms with Gasteiger partial charge in [-0.15, -0.1) is 0 Å². The van der Waals surface area contributed by atoms with Gasteiger partial charge in [-0.1, -0.05) is 33.3 Å².